The van der Waals surface area contributed by atoms with Crippen molar-refractivity contribution in [3.63, 3.8) is 0 Å². The first-order valence-corrected chi connectivity index (χ1v) is 7.26. The maximum atomic E-state index is 11.6. The molecule has 0 aromatic carbocycles. The van der Waals surface area contributed by atoms with Crippen LogP contribution < -0.4 is 5.32 Å². The van der Waals surface area contributed by atoms with E-state index >= 15 is 0 Å². The lowest BCUT2D eigenvalue weighted by Crippen LogP contribution is -2.50. The van der Waals surface area contributed by atoms with E-state index < -0.39 is 0 Å². The monoisotopic (exact) mass is 255 g/mol. The Labute approximate surface area is 113 Å². The Hall–Kier alpha value is -0.830. The van der Waals surface area contributed by atoms with E-state index in [1.807, 2.05) is 0 Å². The molecule has 0 heterocycles. The summed E-state index contributed by atoms with van der Waals surface area (Å²) in [6.45, 7) is 18.9. The van der Waals surface area contributed by atoms with Crippen molar-refractivity contribution in [2.75, 3.05) is 26.2 Å². The highest BCUT2D eigenvalue weighted by atomic mass is 16.1. The number of hydrogen-bond donors (Lipinski definition) is 1. The van der Waals surface area contributed by atoms with E-state index in [0.717, 1.165) is 43.5 Å². The van der Waals surface area contributed by atoms with Gasteiger partial charge in [0.25, 0.3) is 0 Å². The number of carbonyl (C=O) groups is 1. The number of hydrogen-bond acceptors (Lipinski definition) is 1. The second-order valence-corrected chi connectivity index (χ2v) is 5.16. The third-order valence-corrected chi connectivity index (χ3v) is 4.18. The zero-order chi connectivity index (χ0) is 14.2. The SMILES string of the molecule is C=C(C)C(=O)NC(CC)CC[N+](CC)(CC)CC. The molecule has 0 aromatic heterocycles. The van der Waals surface area contributed by atoms with E-state index in [2.05, 4.69) is 39.6 Å². The lowest BCUT2D eigenvalue weighted by molar-refractivity contribution is -0.923. The van der Waals surface area contributed by atoms with Gasteiger partial charge in [0.05, 0.1) is 26.2 Å². The number of quaternary nitrogens is 1. The number of amides is 1. The Morgan fingerprint density at radius 2 is 1.67 bits per heavy atom. The van der Waals surface area contributed by atoms with Crippen LogP contribution in [0.4, 0.5) is 0 Å². The minimum Gasteiger partial charge on any atom is -0.349 e. The van der Waals surface area contributed by atoms with Gasteiger partial charge in [0.1, 0.15) is 0 Å². The van der Waals surface area contributed by atoms with E-state index in [-0.39, 0.29) is 11.9 Å². The quantitative estimate of drug-likeness (QED) is 0.498. The van der Waals surface area contributed by atoms with Crippen LogP contribution in [0.2, 0.25) is 0 Å². The molecular weight excluding hydrogens is 224 g/mol. The smallest absolute Gasteiger partial charge is 0.246 e. The molecule has 3 heteroatoms. The van der Waals surface area contributed by atoms with Crippen molar-refractivity contribution in [3.8, 4) is 0 Å². The summed E-state index contributed by atoms with van der Waals surface area (Å²) in [5, 5.41) is 3.06. The van der Waals surface area contributed by atoms with Crippen molar-refractivity contribution >= 4 is 5.91 Å². The highest BCUT2D eigenvalue weighted by Gasteiger charge is 2.22. The third kappa shape index (κ3) is 5.21. The van der Waals surface area contributed by atoms with Crippen LogP contribution in [-0.4, -0.2) is 42.6 Å². The summed E-state index contributed by atoms with van der Waals surface area (Å²) in [4.78, 5) is 11.6. The Kier molecular flexibility index (Phi) is 7.92. The van der Waals surface area contributed by atoms with Crippen molar-refractivity contribution in [3.05, 3.63) is 12.2 Å². The first-order chi connectivity index (χ1) is 8.44. The summed E-state index contributed by atoms with van der Waals surface area (Å²) in [7, 11) is 0. The zero-order valence-corrected chi connectivity index (χ0v) is 12.9. The molecule has 0 aliphatic heterocycles. The standard InChI is InChI=1S/C15H30N2O/c1-7-14(16-15(18)13(5)6)11-12-17(8-2,9-3)10-4/h14H,5,7-12H2,1-4,6H3/p+1. The molecule has 0 aliphatic rings. The Morgan fingerprint density at radius 3 is 2.00 bits per heavy atom. The third-order valence-electron chi connectivity index (χ3n) is 4.18. The van der Waals surface area contributed by atoms with Crippen molar-refractivity contribution in [1.82, 2.24) is 5.32 Å². The van der Waals surface area contributed by atoms with Gasteiger partial charge in [-0.2, -0.15) is 0 Å². The van der Waals surface area contributed by atoms with Crippen LogP contribution in [0.15, 0.2) is 12.2 Å². The van der Waals surface area contributed by atoms with Gasteiger partial charge in [0.2, 0.25) is 5.91 Å². The summed E-state index contributed by atoms with van der Waals surface area (Å²) >= 11 is 0. The van der Waals surface area contributed by atoms with E-state index in [4.69, 9.17) is 0 Å². The molecule has 0 aliphatic carbocycles. The van der Waals surface area contributed by atoms with Crippen molar-refractivity contribution < 1.29 is 9.28 Å². The van der Waals surface area contributed by atoms with Gasteiger partial charge in [-0.1, -0.05) is 13.5 Å². The minimum atomic E-state index is -0.00977. The first kappa shape index (κ1) is 17.2. The molecule has 1 atom stereocenters. The predicted octanol–water partition coefficient (Wildman–Crippen LogP) is 2.72. The van der Waals surface area contributed by atoms with Gasteiger partial charge < -0.3 is 9.80 Å². The Morgan fingerprint density at radius 1 is 1.17 bits per heavy atom. The highest BCUT2D eigenvalue weighted by Crippen LogP contribution is 2.10. The van der Waals surface area contributed by atoms with Crippen LogP contribution in [0, 0.1) is 0 Å². The number of rotatable bonds is 9. The molecule has 106 valence electrons. The average molecular weight is 255 g/mol. The second-order valence-electron chi connectivity index (χ2n) is 5.16. The van der Waals surface area contributed by atoms with Gasteiger partial charge in [0, 0.05) is 18.0 Å². The van der Waals surface area contributed by atoms with Gasteiger partial charge in [-0.05, 0) is 34.1 Å². The molecule has 1 amide bonds. The Bertz CT molecular complexity index is 261. The lowest BCUT2D eigenvalue weighted by Gasteiger charge is -2.37. The summed E-state index contributed by atoms with van der Waals surface area (Å²) in [5.41, 5.74) is 0.593. The van der Waals surface area contributed by atoms with Gasteiger partial charge in [-0.15, -0.1) is 0 Å². The molecule has 0 saturated carbocycles. The molecule has 1 N–H and O–H groups in total. The van der Waals surface area contributed by atoms with Gasteiger partial charge in [-0.25, -0.2) is 0 Å². The summed E-state index contributed by atoms with van der Waals surface area (Å²) in [6.07, 6.45) is 2.03. The van der Waals surface area contributed by atoms with E-state index in [1.54, 1.807) is 6.92 Å². The van der Waals surface area contributed by atoms with Crippen LogP contribution in [-0.2, 0) is 4.79 Å². The fraction of sp³-hybridized carbons (Fsp3) is 0.800. The van der Waals surface area contributed by atoms with Crippen molar-refractivity contribution in [2.45, 2.75) is 53.5 Å². The van der Waals surface area contributed by atoms with Gasteiger partial charge in [-0.3, -0.25) is 4.79 Å². The van der Waals surface area contributed by atoms with Crippen LogP contribution in [0.25, 0.3) is 0 Å². The fourth-order valence-electron chi connectivity index (χ4n) is 2.26. The molecular formula is C15H31N2O+. The molecule has 0 radical (unpaired) electrons. The topological polar surface area (TPSA) is 29.1 Å². The zero-order valence-electron chi connectivity index (χ0n) is 12.9. The summed E-state index contributed by atoms with van der Waals surface area (Å²) < 4.78 is 1.14. The maximum absolute atomic E-state index is 11.6. The average Bonchev–Trinajstić information content (AvgIpc) is 2.39. The lowest BCUT2D eigenvalue weighted by atomic mass is 10.1. The molecule has 0 bridgehead atoms. The molecule has 1 unspecified atom stereocenters. The fourth-order valence-corrected chi connectivity index (χ4v) is 2.26. The van der Waals surface area contributed by atoms with Crippen LogP contribution in [0.1, 0.15) is 47.5 Å². The van der Waals surface area contributed by atoms with Gasteiger partial charge in [0.15, 0.2) is 0 Å². The molecule has 3 nitrogen and oxygen atoms in total. The maximum Gasteiger partial charge on any atom is 0.246 e. The summed E-state index contributed by atoms with van der Waals surface area (Å²) in [5.74, 6) is -0.00977. The van der Waals surface area contributed by atoms with E-state index in [1.165, 1.54) is 0 Å². The van der Waals surface area contributed by atoms with Crippen molar-refractivity contribution in [1.29, 1.82) is 0 Å². The predicted molar refractivity (Wildman–Crippen MR) is 78.4 cm³/mol. The molecule has 0 aromatic rings. The summed E-state index contributed by atoms with van der Waals surface area (Å²) in [6, 6.07) is 0.274. The number of carbonyl (C=O) groups excluding carboxylic acids is 1. The molecule has 0 spiro atoms. The van der Waals surface area contributed by atoms with Crippen molar-refractivity contribution in [2.24, 2.45) is 0 Å². The van der Waals surface area contributed by atoms with Gasteiger partial charge >= 0.3 is 0 Å². The van der Waals surface area contributed by atoms with Crippen LogP contribution in [0.3, 0.4) is 0 Å². The minimum absolute atomic E-state index is 0.00977. The molecule has 0 fully saturated rings. The van der Waals surface area contributed by atoms with E-state index in [9.17, 15) is 4.79 Å². The highest BCUT2D eigenvalue weighted by molar-refractivity contribution is 5.92. The Balaban J connectivity index is 4.37. The normalized spacial score (nSPS) is 13.2. The van der Waals surface area contributed by atoms with E-state index in [0.29, 0.717) is 5.57 Å². The molecule has 0 rings (SSSR count). The van der Waals surface area contributed by atoms with Crippen LogP contribution >= 0.6 is 0 Å². The second kappa shape index (κ2) is 8.30. The molecule has 18 heavy (non-hydrogen) atoms. The largest absolute Gasteiger partial charge is 0.349 e. The first-order valence-electron chi connectivity index (χ1n) is 7.26. The molecule has 0 saturated heterocycles. The number of nitrogens with one attached hydrogen (secondary N) is 1. The number of nitrogens with zero attached hydrogens (tertiary/aromatic N) is 1. The van der Waals surface area contributed by atoms with Crippen LogP contribution in [0.5, 0.6) is 0 Å².